The van der Waals surface area contributed by atoms with Crippen molar-refractivity contribution < 1.29 is 19.0 Å². The summed E-state index contributed by atoms with van der Waals surface area (Å²) in [5.41, 5.74) is -0.538. The summed E-state index contributed by atoms with van der Waals surface area (Å²) in [5, 5.41) is 0. The summed E-state index contributed by atoms with van der Waals surface area (Å²) in [4.78, 5) is 13.1. The molecule has 0 unspecified atom stereocenters. The summed E-state index contributed by atoms with van der Waals surface area (Å²) in [6, 6.07) is 10.1. The van der Waals surface area contributed by atoms with Crippen LogP contribution in [0.4, 0.5) is 0 Å². The molecular weight excluding hydrogens is 371 g/mol. The minimum absolute atomic E-state index is 0.153. The predicted molar refractivity (Wildman–Crippen MR) is 95.5 cm³/mol. The molecule has 0 bridgehead atoms. The maximum absolute atomic E-state index is 13.1. The van der Waals surface area contributed by atoms with Crippen LogP contribution in [0.1, 0.15) is 48.5 Å². The first kappa shape index (κ1) is 19.5. The monoisotopic (exact) mass is 400 g/mol. The van der Waals surface area contributed by atoms with E-state index in [1.54, 1.807) is 0 Å². The van der Waals surface area contributed by atoms with Gasteiger partial charge in [0.05, 0.1) is 0 Å². The van der Waals surface area contributed by atoms with Crippen molar-refractivity contribution in [3.63, 3.8) is 0 Å². The molecule has 0 spiro atoms. The summed E-state index contributed by atoms with van der Waals surface area (Å²) in [7, 11) is 0. The van der Waals surface area contributed by atoms with Crippen LogP contribution in [-0.2, 0) is 19.0 Å². The van der Waals surface area contributed by atoms with E-state index < -0.39 is 15.7 Å². The summed E-state index contributed by atoms with van der Waals surface area (Å²) in [6.07, 6.45) is -0.523. The van der Waals surface area contributed by atoms with E-state index in [0.717, 1.165) is 4.46 Å². The zero-order chi connectivity index (χ0) is 18.2. The van der Waals surface area contributed by atoms with Crippen LogP contribution in [0.3, 0.4) is 0 Å². The van der Waals surface area contributed by atoms with E-state index >= 15 is 0 Å². The second kappa shape index (κ2) is 6.80. The van der Waals surface area contributed by atoms with Gasteiger partial charge in [0, 0.05) is 0 Å². The van der Waals surface area contributed by atoms with E-state index in [9.17, 15) is 4.79 Å². The van der Waals surface area contributed by atoms with Gasteiger partial charge in [0.25, 0.3) is 0 Å². The van der Waals surface area contributed by atoms with Crippen molar-refractivity contribution in [1.82, 2.24) is 0 Å². The van der Waals surface area contributed by atoms with Gasteiger partial charge in [0.1, 0.15) is 0 Å². The van der Waals surface area contributed by atoms with Crippen LogP contribution in [-0.4, -0.2) is 44.5 Å². The molecule has 4 nitrogen and oxygen atoms in total. The molecule has 24 heavy (non-hydrogen) atoms. The Balaban J connectivity index is 2.35. The first-order valence-corrected chi connectivity index (χ1v) is 9.97. The number of hydrogen-bond acceptors (Lipinski definition) is 4. The molecule has 0 saturated carbocycles. The summed E-state index contributed by atoms with van der Waals surface area (Å²) < 4.78 is 18.1. The SMILES string of the molecule is C[C@@H]1OC(C)(C)O[C@@H]1[C@@](C)([Se]c1ccccc1)C(=O)OC(C)(C)C. The number of esters is 1. The molecule has 1 aromatic carbocycles. The third kappa shape index (κ3) is 4.60. The third-order valence-electron chi connectivity index (χ3n) is 3.73. The molecule has 5 heteroatoms. The quantitative estimate of drug-likeness (QED) is 0.577. The number of rotatable bonds is 4. The summed E-state index contributed by atoms with van der Waals surface area (Å²) in [5.74, 6) is -0.919. The van der Waals surface area contributed by atoms with Gasteiger partial charge in [-0.2, -0.15) is 0 Å². The van der Waals surface area contributed by atoms with Crippen LogP contribution in [0.25, 0.3) is 0 Å². The molecule has 3 atom stereocenters. The molecule has 0 aliphatic carbocycles. The van der Waals surface area contributed by atoms with Gasteiger partial charge in [-0.1, -0.05) is 0 Å². The number of ether oxygens (including phenoxy) is 3. The molecule has 0 amide bonds. The Hall–Kier alpha value is -0.871. The van der Waals surface area contributed by atoms with Gasteiger partial charge in [0.2, 0.25) is 0 Å². The number of carbonyl (C=O) groups is 1. The molecule has 2 rings (SSSR count). The molecule has 134 valence electrons. The second-order valence-electron chi connectivity index (χ2n) is 7.79. The Kier molecular flexibility index (Phi) is 5.51. The van der Waals surface area contributed by atoms with Gasteiger partial charge in [-0.3, -0.25) is 0 Å². The standard InChI is InChI=1S/C19H28O4Se/c1-13-15(22-18(5,6)21-13)19(7,16(20)23-17(2,3)4)24-14-11-9-8-10-12-14/h8-13,15H,1-7H3/t13-,15-,19+/m0/s1. The van der Waals surface area contributed by atoms with E-state index in [1.807, 2.05) is 78.8 Å². The van der Waals surface area contributed by atoms with Gasteiger partial charge in [-0.25, -0.2) is 0 Å². The fourth-order valence-electron chi connectivity index (χ4n) is 2.83. The normalized spacial score (nSPS) is 26.0. The predicted octanol–water partition coefficient (Wildman–Crippen LogP) is 3.08. The fraction of sp³-hybridized carbons (Fsp3) is 0.632. The van der Waals surface area contributed by atoms with Gasteiger partial charge in [-0.05, 0) is 0 Å². The molecular formula is C19H28O4Se. The summed E-state index contributed by atoms with van der Waals surface area (Å²) in [6.45, 7) is 13.3. The molecule has 1 aliphatic heterocycles. The van der Waals surface area contributed by atoms with Crippen molar-refractivity contribution in [2.45, 2.75) is 76.4 Å². The average molecular weight is 399 g/mol. The number of hydrogen-bond donors (Lipinski definition) is 0. The molecule has 0 N–H and O–H groups in total. The van der Waals surface area contributed by atoms with Crippen LogP contribution >= 0.6 is 0 Å². The van der Waals surface area contributed by atoms with Gasteiger partial charge >= 0.3 is 151 Å². The summed E-state index contributed by atoms with van der Waals surface area (Å²) >= 11 is -0.153. The van der Waals surface area contributed by atoms with Crippen molar-refractivity contribution in [3.8, 4) is 0 Å². The van der Waals surface area contributed by atoms with E-state index in [2.05, 4.69) is 0 Å². The van der Waals surface area contributed by atoms with Crippen LogP contribution in [0.15, 0.2) is 30.3 Å². The van der Waals surface area contributed by atoms with Crippen LogP contribution < -0.4 is 4.46 Å². The molecule has 1 fully saturated rings. The average Bonchev–Trinajstić information content (AvgIpc) is 2.71. The van der Waals surface area contributed by atoms with Gasteiger partial charge < -0.3 is 0 Å². The van der Waals surface area contributed by atoms with Gasteiger partial charge in [-0.15, -0.1) is 0 Å². The van der Waals surface area contributed by atoms with Crippen molar-refractivity contribution in [2.75, 3.05) is 0 Å². The Morgan fingerprint density at radius 1 is 1.12 bits per heavy atom. The third-order valence-corrected chi connectivity index (χ3v) is 6.52. The molecule has 1 heterocycles. The van der Waals surface area contributed by atoms with Crippen molar-refractivity contribution in [3.05, 3.63) is 30.3 Å². The molecule has 1 saturated heterocycles. The molecule has 1 aromatic rings. The minimum atomic E-state index is -0.769. The van der Waals surface area contributed by atoms with Crippen molar-refractivity contribution in [1.29, 1.82) is 0 Å². The molecule has 1 aliphatic rings. The van der Waals surface area contributed by atoms with Crippen molar-refractivity contribution >= 4 is 25.4 Å². The van der Waals surface area contributed by atoms with E-state index in [1.165, 1.54) is 0 Å². The Labute approximate surface area is 151 Å². The van der Waals surface area contributed by atoms with E-state index in [4.69, 9.17) is 14.2 Å². The van der Waals surface area contributed by atoms with Crippen LogP contribution in [0, 0.1) is 0 Å². The fourth-order valence-corrected chi connectivity index (χ4v) is 5.48. The first-order valence-electron chi connectivity index (χ1n) is 8.26. The maximum atomic E-state index is 13.1. The Bertz CT molecular complexity index is 579. The Morgan fingerprint density at radius 2 is 1.71 bits per heavy atom. The number of carbonyl (C=O) groups excluding carboxylic acids is 1. The zero-order valence-electron chi connectivity index (χ0n) is 15.6. The second-order valence-corrected chi connectivity index (χ2v) is 11.0. The number of benzene rings is 1. The van der Waals surface area contributed by atoms with E-state index in [0.29, 0.717) is 0 Å². The van der Waals surface area contributed by atoms with Crippen LogP contribution in [0.2, 0.25) is 4.31 Å². The zero-order valence-corrected chi connectivity index (χ0v) is 17.3. The van der Waals surface area contributed by atoms with Gasteiger partial charge in [0.15, 0.2) is 0 Å². The topological polar surface area (TPSA) is 44.8 Å². The van der Waals surface area contributed by atoms with Crippen molar-refractivity contribution in [2.24, 2.45) is 0 Å². The molecule has 0 radical (unpaired) electrons. The Morgan fingerprint density at radius 3 is 2.17 bits per heavy atom. The molecule has 0 aromatic heterocycles. The first-order chi connectivity index (χ1) is 10.9. The van der Waals surface area contributed by atoms with E-state index in [-0.39, 0.29) is 33.1 Å². The van der Waals surface area contributed by atoms with Crippen LogP contribution in [0.5, 0.6) is 0 Å².